The number of anilines is 1. The topological polar surface area (TPSA) is 69.0 Å². The Bertz CT molecular complexity index is 1170. The molecule has 0 saturated heterocycles. The summed E-state index contributed by atoms with van der Waals surface area (Å²) in [5, 5.41) is 14.8. The first-order chi connectivity index (χ1) is 15.1. The Hall–Kier alpha value is -2.52. The molecule has 0 atom stereocenters. The molecule has 0 radical (unpaired) electrons. The number of aromatic nitrogens is 3. The standard InChI is InChI=1S/C21H16Cl2N4O2S2/c1-29-14-9-7-13(8-10-14)27-20(17-6-3-11-30-17)25-26-21(27)31-12-18(28)24-19-15(22)4-2-5-16(19)23/h2-11H,12H2,1H3,(H,24,28). The smallest absolute Gasteiger partial charge is 0.234 e. The maximum atomic E-state index is 12.5. The molecule has 0 aliphatic carbocycles. The molecular weight excluding hydrogens is 475 g/mol. The zero-order valence-electron chi connectivity index (χ0n) is 16.2. The highest BCUT2D eigenvalue weighted by atomic mass is 35.5. The molecule has 0 spiro atoms. The largest absolute Gasteiger partial charge is 0.497 e. The average Bonchev–Trinajstić information content (AvgIpc) is 3.45. The van der Waals surface area contributed by atoms with E-state index >= 15 is 0 Å². The van der Waals surface area contributed by atoms with Crippen LogP contribution in [0.5, 0.6) is 5.75 Å². The van der Waals surface area contributed by atoms with E-state index in [4.69, 9.17) is 27.9 Å². The van der Waals surface area contributed by atoms with Crippen molar-refractivity contribution in [1.29, 1.82) is 0 Å². The number of rotatable bonds is 7. The van der Waals surface area contributed by atoms with Crippen LogP contribution in [-0.4, -0.2) is 33.5 Å². The SMILES string of the molecule is COc1ccc(-n2c(SCC(=O)Nc3c(Cl)cccc3Cl)nnc2-c2cccs2)cc1. The van der Waals surface area contributed by atoms with Gasteiger partial charge in [-0.3, -0.25) is 9.36 Å². The third-order valence-electron chi connectivity index (χ3n) is 4.27. The molecule has 2 aromatic heterocycles. The summed E-state index contributed by atoms with van der Waals surface area (Å²) < 4.78 is 7.18. The summed E-state index contributed by atoms with van der Waals surface area (Å²) in [6, 6.07) is 16.6. The van der Waals surface area contributed by atoms with Crippen LogP contribution < -0.4 is 10.1 Å². The predicted molar refractivity (Wildman–Crippen MR) is 127 cm³/mol. The fraction of sp³-hybridized carbons (Fsp3) is 0.0952. The maximum Gasteiger partial charge on any atom is 0.234 e. The second-order valence-electron chi connectivity index (χ2n) is 6.25. The Morgan fingerprint density at radius 1 is 1.10 bits per heavy atom. The molecule has 10 heteroatoms. The van der Waals surface area contributed by atoms with Crippen molar-refractivity contribution < 1.29 is 9.53 Å². The second kappa shape index (κ2) is 9.74. The Morgan fingerprint density at radius 2 is 1.84 bits per heavy atom. The lowest BCUT2D eigenvalue weighted by molar-refractivity contribution is -0.113. The molecule has 0 bridgehead atoms. The van der Waals surface area contributed by atoms with Crippen molar-refractivity contribution in [1.82, 2.24) is 14.8 Å². The molecule has 2 aromatic carbocycles. The third kappa shape index (κ3) is 4.88. The second-order valence-corrected chi connectivity index (χ2v) is 8.96. The number of carbonyl (C=O) groups is 1. The van der Waals surface area contributed by atoms with E-state index in [1.54, 1.807) is 36.6 Å². The molecular formula is C21H16Cl2N4O2S2. The number of benzene rings is 2. The minimum atomic E-state index is -0.248. The van der Waals surface area contributed by atoms with E-state index in [9.17, 15) is 4.79 Å². The molecule has 0 unspecified atom stereocenters. The van der Waals surface area contributed by atoms with Crippen molar-refractivity contribution in [3.05, 3.63) is 70.0 Å². The number of nitrogens with zero attached hydrogens (tertiary/aromatic N) is 3. The molecule has 31 heavy (non-hydrogen) atoms. The average molecular weight is 491 g/mol. The highest BCUT2D eigenvalue weighted by Crippen LogP contribution is 2.32. The molecule has 6 nitrogen and oxygen atoms in total. The van der Waals surface area contributed by atoms with Gasteiger partial charge in [-0.15, -0.1) is 21.5 Å². The van der Waals surface area contributed by atoms with Crippen molar-refractivity contribution >= 4 is 57.9 Å². The van der Waals surface area contributed by atoms with Crippen LogP contribution in [0.3, 0.4) is 0 Å². The summed E-state index contributed by atoms with van der Waals surface area (Å²) in [7, 11) is 1.62. The van der Waals surface area contributed by atoms with E-state index in [1.807, 2.05) is 46.3 Å². The molecule has 4 rings (SSSR count). The Kier molecular flexibility index (Phi) is 6.82. The van der Waals surface area contributed by atoms with Gasteiger partial charge >= 0.3 is 0 Å². The van der Waals surface area contributed by atoms with Crippen LogP contribution in [0.1, 0.15) is 0 Å². The van der Waals surface area contributed by atoms with Crippen LogP contribution in [0.4, 0.5) is 5.69 Å². The van der Waals surface area contributed by atoms with Crippen molar-refractivity contribution in [2.24, 2.45) is 0 Å². The number of amides is 1. The summed E-state index contributed by atoms with van der Waals surface area (Å²) in [5.41, 5.74) is 1.26. The first-order valence-corrected chi connectivity index (χ1v) is 11.7. The van der Waals surface area contributed by atoms with E-state index < -0.39 is 0 Å². The van der Waals surface area contributed by atoms with E-state index in [0.717, 1.165) is 16.3 Å². The molecule has 0 aliphatic heterocycles. The van der Waals surface area contributed by atoms with Crippen molar-refractivity contribution in [3.8, 4) is 22.1 Å². The first kappa shape index (κ1) is 21.7. The first-order valence-electron chi connectivity index (χ1n) is 9.07. The van der Waals surface area contributed by atoms with E-state index in [0.29, 0.717) is 26.7 Å². The lowest BCUT2D eigenvalue weighted by Crippen LogP contribution is -2.15. The molecule has 158 valence electrons. The van der Waals surface area contributed by atoms with Gasteiger partial charge in [0, 0.05) is 0 Å². The van der Waals surface area contributed by atoms with Crippen LogP contribution >= 0.6 is 46.3 Å². The summed E-state index contributed by atoms with van der Waals surface area (Å²) in [4.78, 5) is 13.5. The van der Waals surface area contributed by atoms with Crippen molar-refractivity contribution in [2.75, 3.05) is 18.2 Å². The number of nitrogens with one attached hydrogen (secondary N) is 1. The van der Waals surface area contributed by atoms with Gasteiger partial charge < -0.3 is 10.1 Å². The number of thiophene rings is 1. The molecule has 4 aromatic rings. The molecule has 0 fully saturated rings. The van der Waals surface area contributed by atoms with Gasteiger partial charge in [-0.05, 0) is 47.8 Å². The molecule has 0 saturated carbocycles. The van der Waals surface area contributed by atoms with Gasteiger partial charge in [-0.2, -0.15) is 0 Å². The lowest BCUT2D eigenvalue weighted by atomic mass is 10.3. The third-order valence-corrected chi connectivity index (χ3v) is 6.69. The van der Waals surface area contributed by atoms with Gasteiger partial charge in [0.2, 0.25) is 5.91 Å². The Morgan fingerprint density at radius 3 is 2.48 bits per heavy atom. The summed E-state index contributed by atoms with van der Waals surface area (Å²) >= 11 is 15.1. The molecule has 0 aliphatic rings. The summed E-state index contributed by atoms with van der Waals surface area (Å²) in [6.07, 6.45) is 0. The van der Waals surface area contributed by atoms with Crippen LogP contribution in [-0.2, 0) is 4.79 Å². The van der Waals surface area contributed by atoms with Gasteiger partial charge in [0.25, 0.3) is 0 Å². The van der Waals surface area contributed by atoms with Crippen LogP contribution in [0, 0.1) is 0 Å². The van der Waals surface area contributed by atoms with Gasteiger partial charge in [-0.25, -0.2) is 0 Å². The van der Waals surface area contributed by atoms with Crippen molar-refractivity contribution in [2.45, 2.75) is 5.16 Å². The minimum absolute atomic E-state index is 0.111. The zero-order chi connectivity index (χ0) is 21.8. The van der Waals surface area contributed by atoms with Gasteiger partial charge in [-0.1, -0.05) is 47.1 Å². The molecule has 1 N–H and O–H groups in total. The van der Waals surface area contributed by atoms with Crippen LogP contribution in [0.15, 0.2) is 65.1 Å². The number of hydrogen-bond acceptors (Lipinski definition) is 6. The van der Waals surface area contributed by atoms with Gasteiger partial charge in [0.05, 0.1) is 39.2 Å². The highest BCUT2D eigenvalue weighted by molar-refractivity contribution is 7.99. The zero-order valence-corrected chi connectivity index (χ0v) is 19.4. The summed E-state index contributed by atoms with van der Waals surface area (Å²) in [5.74, 6) is 1.32. The van der Waals surface area contributed by atoms with Gasteiger partial charge in [0.15, 0.2) is 11.0 Å². The maximum absolute atomic E-state index is 12.5. The summed E-state index contributed by atoms with van der Waals surface area (Å²) in [6.45, 7) is 0. The van der Waals surface area contributed by atoms with Crippen LogP contribution in [0.25, 0.3) is 16.4 Å². The predicted octanol–water partition coefficient (Wildman–Crippen LogP) is 6.04. The number of thioether (sulfide) groups is 1. The monoisotopic (exact) mass is 490 g/mol. The van der Waals surface area contributed by atoms with E-state index in [2.05, 4.69) is 15.5 Å². The molecule has 1 amide bonds. The normalized spacial score (nSPS) is 10.8. The van der Waals surface area contributed by atoms with Crippen molar-refractivity contribution in [3.63, 3.8) is 0 Å². The highest BCUT2D eigenvalue weighted by Gasteiger charge is 2.18. The van der Waals surface area contributed by atoms with Gasteiger partial charge in [0.1, 0.15) is 5.75 Å². The minimum Gasteiger partial charge on any atom is -0.497 e. The quantitative estimate of drug-likeness (QED) is 0.319. The Labute approximate surface area is 197 Å². The fourth-order valence-electron chi connectivity index (χ4n) is 2.82. The number of para-hydroxylation sites is 1. The molecule has 2 heterocycles. The fourth-order valence-corrected chi connectivity index (χ4v) is 4.76. The van der Waals surface area contributed by atoms with E-state index in [-0.39, 0.29) is 11.7 Å². The number of halogens is 2. The number of carbonyl (C=O) groups excluding carboxylic acids is 1. The van der Waals surface area contributed by atoms with E-state index in [1.165, 1.54) is 11.8 Å². The lowest BCUT2D eigenvalue weighted by Gasteiger charge is -2.11. The number of hydrogen-bond donors (Lipinski definition) is 1. The number of ether oxygens (including phenoxy) is 1. The Balaban J connectivity index is 1.58. The number of methoxy groups -OCH3 is 1. The van der Waals surface area contributed by atoms with Crippen LogP contribution in [0.2, 0.25) is 10.0 Å².